The van der Waals surface area contributed by atoms with Crippen LogP contribution < -0.4 is 0 Å². The summed E-state index contributed by atoms with van der Waals surface area (Å²) >= 11 is 0. The summed E-state index contributed by atoms with van der Waals surface area (Å²) < 4.78 is 0. The zero-order chi connectivity index (χ0) is 15.8. The third-order valence-corrected chi connectivity index (χ3v) is 8.07. The van der Waals surface area contributed by atoms with Crippen molar-refractivity contribution in [2.24, 2.45) is 5.92 Å². The Morgan fingerprint density at radius 2 is 1.26 bits per heavy atom. The Morgan fingerprint density at radius 1 is 0.783 bits per heavy atom. The molecule has 4 aliphatic heterocycles. The van der Waals surface area contributed by atoms with Gasteiger partial charge in [-0.2, -0.15) is 0 Å². The van der Waals surface area contributed by atoms with Crippen LogP contribution in [-0.2, 0) is 0 Å². The molecule has 0 aromatic rings. The highest BCUT2D eigenvalue weighted by molar-refractivity contribution is 6.43. The Kier molecular flexibility index (Phi) is 4.90. The molecule has 0 aromatic carbocycles. The maximum Gasteiger partial charge on any atom is 0.122 e. The van der Waals surface area contributed by atoms with E-state index in [4.69, 9.17) is 0 Å². The van der Waals surface area contributed by atoms with Crippen LogP contribution in [-0.4, -0.2) is 14.6 Å². The molecule has 4 saturated heterocycles. The molecule has 2 radical (unpaired) electrons. The fourth-order valence-electron chi connectivity index (χ4n) is 7.01. The van der Waals surface area contributed by atoms with Gasteiger partial charge in [0.25, 0.3) is 0 Å². The maximum absolute atomic E-state index is 2.83. The van der Waals surface area contributed by atoms with Crippen LogP contribution in [0.2, 0.25) is 22.3 Å². The first-order chi connectivity index (χ1) is 11.2. The predicted octanol–water partition coefficient (Wildman–Crippen LogP) is 6.83. The second-order valence-corrected chi connectivity index (χ2v) is 10.00. The minimum Gasteiger partial charge on any atom is -0.0682 e. The molecule has 2 heteroatoms. The van der Waals surface area contributed by atoms with E-state index in [1.807, 2.05) is 0 Å². The quantitative estimate of drug-likeness (QED) is 0.488. The molecule has 0 amide bonds. The highest BCUT2D eigenvalue weighted by Gasteiger charge is 2.42. The Morgan fingerprint density at radius 3 is 1.83 bits per heavy atom. The molecule has 126 valence electrons. The lowest BCUT2D eigenvalue weighted by atomic mass is 9.34. The Bertz CT molecular complexity index is 385. The summed E-state index contributed by atoms with van der Waals surface area (Å²) in [5.74, 6) is 2.90. The van der Waals surface area contributed by atoms with E-state index in [0.717, 1.165) is 17.6 Å². The lowest BCUT2D eigenvalue weighted by Gasteiger charge is -2.47. The van der Waals surface area contributed by atoms with E-state index < -0.39 is 0 Å². The van der Waals surface area contributed by atoms with Crippen molar-refractivity contribution in [1.82, 2.24) is 0 Å². The third kappa shape index (κ3) is 3.72. The van der Waals surface area contributed by atoms with Crippen LogP contribution in [0.4, 0.5) is 0 Å². The molecule has 0 nitrogen and oxygen atoms in total. The second-order valence-electron chi connectivity index (χ2n) is 10.00. The van der Waals surface area contributed by atoms with Crippen molar-refractivity contribution < 1.29 is 0 Å². The summed E-state index contributed by atoms with van der Waals surface area (Å²) in [5, 5.41) is 1.32. The van der Waals surface area contributed by atoms with Crippen LogP contribution >= 0.6 is 0 Å². The molecule has 0 aromatic heterocycles. The number of rotatable bonds is 5. The van der Waals surface area contributed by atoms with Gasteiger partial charge >= 0.3 is 0 Å². The SMILES string of the molecule is CC(CCC12[B]C(CCC1)CCC2)CC12[B]C(CCC1)CCC2. The molecule has 0 saturated carbocycles. The van der Waals surface area contributed by atoms with Gasteiger partial charge in [0.2, 0.25) is 0 Å². The smallest absolute Gasteiger partial charge is 0.0682 e. The van der Waals surface area contributed by atoms with E-state index in [-0.39, 0.29) is 0 Å². The van der Waals surface area contributed by atoms with E-state index >= 15 is 0 Å². The molecular formula is C21H36B2. The first kappa shape index (κ1) is 16.6. The standard InChI is InChI=1S/C21H36B2/c1-17(16-21-13-4-8-19(23-21)9-5-14-21)10-15-20-11-2-6-18(22-20)7-3-12-20/h17-19H,2-16H2,1H3. The summed E-state index contributed by atoms with van der Waals surface area (Å²) in [6.07, 6.45) is 22.5. The van der Waals surface area contributed by atoms with Crippen molar-refractivity contribution >= 4 is 14.6 Å². The first-order valence-electron chi connectivity index (χ1n) is 10.9. The van der Waals surface area contributed by atoms with Crippen molar-refractivity contribution in [2.75, 3.05) is 0 Å². The molecule has 4 fully saturated rings. The average molecular weight is 310 g/mol. The monoisotopic (exact) mass is 310 g/mol. The van der Waals surface area contributed by atoms with Gasteiger partial charge in [0.15, 0.2) is 0 Å². The fraction of sp³-hybridized carbons (Fsp3) is 1.00. The van der Waals surface area contributed by atoms with E-state index in [0.29, 0.717) is 10.6 Å². The van der Waals surface area contributed by atoms with Gasteiger partial charge in [0.05, 0.1) is 0 Å². The van der Waals surface area contributed by atoms with Crippen LogP contribution in [0.15, 0.2) is 0 Å². The number of fused-ring (bicyclic) bond motifs is 4. The molecule has 23 heavy (non-hydrogen) atoms. The maximum atomic E-state index is 2.83. The summed E-state index contributed by atoms with van der Waals surface area (Å²) in [7, 11) is 5.66. The van der Waals surface area contributed by atoms with Gasteiger partial charge in [0, 0.05) is 0 Å². The Labute approximate surface area is 146 Å². The van der Waals surface area contributed by atoms with E-state index in [1.165, 1.54) is 96.3 Å². The molecule has 4 bridgehead atoms. The van der Waals surface area contributed by atoms with E-state index in [2.05, 4.69) is 21.5 Å². The Hall–Kier alpha value is 0.130. The number of hydrogen-bond donors (Lipinski definition) is 0. The van der Waals surface area contributed by atoms with Crippen molar-refractivity contribution in [3.8, 4) is 0 Å². The summed E-state index contributed by atoms with van der Waals surface area (Å²) in [4.78, 5) is 0. The zero-order valence-electron chi connectivity index (χ0n) is 15.5. The lowest BCUT2D eigenvalue weighted by Crippen LogP contribution is -2.35. The molecule has 1 unspecified atom stereocenters. The molecule has 4 heterocycles. The molecule has 4 rings (SSSR count). The third-order valence-electron chi connectivity index (χ3n) is 8.07. The van der Waals surface area contributed by atoms with Crippen molar-refractivity contribution in [1.29, 1.82) is 0 Å². The molecule has 0 aliphatic carbocycles. The molecule has 4 aliphatic rings. The van der Waals surface area contributed by atoms with Gasteiger partial charge in [-0.25, -0.2) is 0 Å². The molecule has 0 spiro atoms. The van der Waals surface area contributed by atoms with Crippen LogP contribution in [0.1, 0.15) is 103 Å². The highest BCUT2D eigenvalue weighted by atomic mass is 14.4. The van der Waals surface area contributed by atoms with Gasteiger partial charge in [-0.15, -0.1) is 0 Å². The molecule has 1 atom stereocenters. The van der Waals surface area contributed by atoms with Gasteiger partial charge in [-0.1, -0.05) is 125 Å². The van der Waals surface area contributed by atoms with Gasteiger partial charge in [0.1, 0.15) is 14.6 Å². The topological polar surface area (TPSA) is 0 Å². The summed E-state index contributed by atoms with van der Waals surface area (Å²) in [6, 6.07) is 0. The summed E-state index contributed by atoms with van der Waals surface area (Å²) in [6.45, 7) is 2.57. The minimum atomic E-state index is 0.656. The van der Waals surface area contributed by atoms with Crippen LogP contribution in [0, 0.1) is 5.92 Å². The van der Waals surface area contributed by atoms with Crippen molar-refractivity contribution in [3.05, 3.63) is 0 Å². The Balaban J connectivity index is 1.30. The second kappa shape index (κ2) is 6.80. The predicted molar refractivity (Wildman–Crippen MR) is 103 cm³/mol. The normalized spacial score (nSPS) is 44.0. The van der Waals surface area contributed by atoms with Crippen LogP contribution in [0.5, 0.6) is 0 Å². The van der Waals surface area contributed by atoms with Gasteiger partial charge < -0.3 is 0 Å². The minimum absolute atomic E-state index is 0.656. The van der Waals surface area contributed by atoms with Crippen molar-refractivity contribution in [2.45, 2.75) is 125 Å². The van der Waals surface area contributed by atoms with Crippen molar-refractivity contribution in [3.63, 3.8) is 0 Å². The highest BCUT2D eigenvalue weighted by Crippen LogP contribution is 2.57. The van der Waals surface area contributed by atoms with E-state index in [9.17, 15) is 0 Å². The first-order valence-corrected chi connectivity index (χ1v) is 10.9. The fourth-order valence-corrected chi connectivity index (χ4v) is 7.01. The van der Waals surface area contributed by atoms with Crippen LogP contribution in [0.3, 0.4) is 0 Å². The number of hydrogen-bond acceptors (Lipinski definition) is 0. The van der Waals surface area contributed by atoms with Gasteiger partial charge in [-0.05, 0) is 5.92 Å². The summed E-state index contributed by atoms with van der Waals surface area (Å²) in [5.41, 5.74) is 0. The molecule has 0 N–H and O–H groups in total. The van der Waals surface area contributed by atoms with Crippen LogP contribution in [0.25, 0.3) is 0 Å². The largest absolute Gasteiger partial charge is 0.122 e. The molecular weight excluding hydrogens is 274 g/mol. The lowest BCUT2D eigenvalue weighted by molar-refractivity contribution is 0.264. The van der Waals surface area contributed by atoms with E-state index in [1.54, 1.807) is 0 Å². The van der Waals surface area contributed by atoms with Gasteiger partial charge in [-0.3, -0.25) is 0 Å². The zero-order valence-corrected chi connectivity index (χ0v) is 15.5. The average Bonchev–Trinajstić information content (AvgIpc) is 2.53.